The number of amides is 1. The highest BCUT2D eigenvalue weighted by Gasteiger charge is 2.42. The van der Waals surface area contributed by atoms with Gasteiger partial charge in [0.2, 0.25) is 5.91 Å². The molecule has 3 aromatic rings. The van der Waals surface area contributed by atoms with E-state index in [1.807, 2.05) is 36.1 Å². The van der Waals surface area contributed by atoms with Crippen LogP contribution in [0.25, 0.3) is 10.8 Å². The van der Waals surface area contributed by atoms with Crippen molar-refractivity contribution in [2.45, 2.75) is 44.7 Å². The Bertz CT molecular complexity index is 1310. The maximum absolute atomic E-state index is 14.1. The van der Waals surface area contributed by atoms with Gasteiger partial charge in [-0.25, -0.2) is 4.39 Å². The van der Waals surface area contributed by atoms with E-state index in [-0.39, 0.29) is 23.4 Å². The lowest BCUT2D eigenvalue weighted by molar-refractivity contribution is -0.134. The zero-order valence-corrected chi connectivity index (χ0v) is 18.5. The third-order valence-corrected chi connectivity index (χ3v) is 6.97. The SMILES string of the molecule is Cc1ccc(F)c2c(=O)[nH]c(CCC(=O)N3C4CCC3CN(c3ccc(C#N)cc3)C4)cc12. The maximum atomic E-state index is 14.1. The van der Waals surface area contributed by atoms with E-state index >= 15 is 0 Å². The lowest BCUT2D eigenvalue weighted by Gasteiger charge is -2.42. The van der Waals surface area contributed by atoms with E-state index < -0.39 is 11.4 Å². The molecular formula is C26H25FN4O2. The average Bonchev–Trinajstić information content (AvgIpc) is 3.09. The van der Waals surface area contributed by atoms with E-state index in [0.717, 1.165) is 37.2 Å². The molecule has 2 fully saturated rings. The van der Waals surface area contributed by atoms with Gasteiger partial charge in [-0.2, -0.15) is 5.26 Å². The van der Waals surface area contributed by atoms with Gasteiger partial charge >= 0.3 is 0 Å². The zero-order chi connectivity index (χ0) is 23.1. The Kier molecular flexibility index (Phi) is 5.37. The number of hydrogen-bond acceptors (Lipinski definition) is 4. The highest BCUT2D eigenvalue weighted by Crippen LogP contribution is 2.33. The molecule has 6 nitrogen and oxygen atoms in total. The standard InChI is InChI=1S/C26H25FN4O2/c1-16-2-10-23(27)25-22(16)12-18(29-26(25)33)5-11-24(32)31-20-8-9-21(31)15-30(14-20)19-6-3-17(13-28)4-7-19/h2-4,6-7,10,12,20-21H,5,8-9,11,14-15H2,1H3,(H,29,33). The lowest BCUT2D eigenvalue weighted by atomic mass is 10.0. The summed E-state index contributed by atoms with van der Waals surface area (Å²) in [7, 11) is 0. The molecule has 0 aliphatic carbocycles. The molecule has 2 saturated heterocycles. The van der Waals surface area contributed by atoms with E-state index in [1.54, 1.807) is 12.1 Å². The summed E-state index contributed by atoms with van der Waals surface area (Å²) in [5.74, 6) is -0.435. The van der Waals surface area contributed by atoms with E-state index in [9.17, 15) is 14.0 Å². The minimum absolute atomic E-state index is 0.0713. The summed E-state index contributed by atoms with van der Waals surface area (Å²) in [6.45, 7) is 3.40. The molecule has 1 N–H and O–H groups in total. The van der Waals surface area contributed by atoms with Crippen LogP contribution in [0, 0.1) is 24.1 Å². The number of aromatic amines is 1. The normalized spacial score (nSPS) is 19.7. The van der Waals surface area contributed by atoms with Gasteiger partial charge in [0.15, 0.2) is 0 Å². The van der Waals surface area contributed by atoms with Gasteiger partial charge in [-0.15, -0.1) is 0 Å². The fraction of sp³-hybridized carbons (Fsp3) is 0.346. The number of pyridine rings is 1. The summed E-state index contributed by atoms with van der Waals surface area (Å²) < 4.78 is 14.1. The molecule has 2 aliphatic rings. The number of benzene rings is 2. The van der Waals surface area contributed by atoms with E-state index in [1.165, 1.54) is 6.07 Å². The van der Waals surface area contributed by atoms with Crippen molar-refractivity contribution >= 4 is 22.4 Å². The zero-order valence-electron chi connectivity index (χ0n) is 18.5. The number of nitrogens with zero attached hydrogens (tertiary/aromatic N) is 3. The monoisotopic (exact) mass is 444 g/mol. The minimum Gasteiger partial charge on any atom is -0.367 e. The molecule has 2 unspecified atom stereocenters. The quantitative estimate of drug-likeness (QED) is 0.666. The van der Waals surface area contributed by atoms with Crippen molar-refractivity contribution in [1.29, 1.82) is 5.26 Å². The molecule has 2 atom stereocenters. The number of nitriles is 1. The smallest absolute Gasteiger partial charge is 0.259 e. The highest BCUT2D eigenvalue weighted by atomic mass is 19.1. The van der Waals surface area contributed by atoms with Gasteiger partial charge in [0, 0.05) is 43.0 Å². The molecule has 0 saturated carbocycles. The van der Waals surface area contributed by atoms with Crippen LogP contribution in [-0.4, -0.2) is 41.0 Å². The third-order valence-electron chi connectivity index (χ3n) is 6.97. The molecular weight excluding hydrogens is 419 g/mol. The van der Waals surface area contributed by atoms with E-state index in [0.29, 0.717) is 29.5 Å². The van der Waals surface area contributed by atoms with Crippen LogP contribution < -0.4 is 10.5 Å². The minimum atomic E-state index is -0.531. The summed E-state index contributed by atoms with van der Waals surface area (Å²) in [5, 5.41) is 9.68. The molecule has 0 radical (unpaired) electrons. The summed E-state index contributed by atoms with van der Waals surface area (Å²) in [5.41, 5.74) is 2.75. The van der Waals surface area contributed by atoms with Gasteiger partial charge in [0.1, 0.15) is 5.82 Å². The van der Waals surface area contributed by atoms with Crippen LogP contribution in [0.5, 0.6) is 0 Å². The molecule has 2 aliphatic heterocycles. The van der Waals surface area contributed by atoms with Gasteiger partial charge in [-0.3, -0.25) is 9.59 Å². The van der Waals surface area contributed by atoms with Crippen molar-refractivity contribution in [2.24, 2.45) is 0 Å². The molecule has 2 aromatic carbocycles. The van der Waals surface area contributed by atoms with Gasteiger partial charge in [-0.05, 0) is 73.5 Å². The average molecular weight is 445 g/mol. The van der Waals surface area contributed by atoms with Crippen molar-refractivity contribution in [3.8, 4) is 6.07 Å². The first-order chi connectivity index (χ1) is 15.9. The summed E-state index contributed by atoms with van der Waals surface area (Å²) >= 11 is 0. The first-order valence-electron chi connectivity index (χ1n) is 11.3. The van der Waals surface area contributed by atoms with Crippen LogP contribution in [-0.2, 0) is 11.2 Å². The summed E-state index contributed by atoms with van der Waals surface area (Å²) in [4.78, 5) is 32.7. The van der Waals surface area contributed by atoms with Gasteiger partial charge in [-0.1, -0.05) is 6.07 Å². The Morgan fingerprint density at radius 2 is 1.85 bits per heavy atom. The number of hydrogen-bond donors (Lipinski definition) is 1. The van der Waals surface area contributed by atoms with Crippen molar-refractivity contribution in [3.05, 3.63) is 75.5 Å². The Morgan fingerprint density at radius 3 is 2.52 bits per heavy atom. The maximum Gasteiger partial charge on any atom is 0.259 e. The number of aromatic nitrogens is 1. The van der Waals surface area contributed by atoms with Crippen molar-refractivity contribution < 1.29 is 9.18 Å². The third kappa shape index (κ3) is 3.86. The molecule has 5 rings (SSSR count). The second-order valence-electron chi connectivity index (χ2n) is 9.03. The summed E-state index contributed by atoms with van der Waals surface area (Å²) in [6, 6.07) is 14.8. The number of halogens is 1. The first kappa shape index (κ1) is 21.2. The fourth-order valence-electron chi connectivity index (χ4n) is 5.31. The molecule has 1 amide bonds. The van der Waals surface area contributed by atoms with Crippen LogP contribution in [0.1, 0.15) is 36.1 Å². The first-order valence-corrected chi connectivity index (χ1v) is 11.3. The number of anilines is 1. The molecule has 0 spiro atoms. The van der Waals surface area contributed by atoms with E-state index in [2.05, 4.69) is 16.0 Å². The Hall–Kier alpha value is -3.66. The Labute approximate surface area is 191 Å². The number of H-pyrrole nitrogens is 1. The van der Waals surface area contributed by atoms with Crippen LogP contribution >= 0.6 is 0 Å². The van der Waals surface area contributed by atoms with Crippen LogP contribution in [0.3, 0.4) is 0 Å². The van der Waals surface area contributed by atoms with Gasteiger partial charge < -0.3 is 14.8 Å². The second-order valence-corrected chi connectivity index (χ2v) is 9.03. The van der Waals surface area contributed by atoms with Crippen LogP contribution in [0.4, 0.5) is 10.1 Å². The topological polar surface area (TPSA) is 80.2 Å². The van der Waals surface area contributed by atoms with Crippen molar-refractivity contribution in [3.63, 3.8) is 0 Å². The van der Waals surface area contributed by atoms with Gasteiger partial charge in [0.05, 0.1) is 17.0 Å². The lowest BCUT2D eigenvalue weighted by Crippen LogP contribution is -2.56. The predicted molar refractivity (Wildman–Crippen MR) is 125 cm³/mol. The molecule has 33 heavy (non-hydrogen) atoms. The molecule has 168 valence electrons. The molecule has 1 aromatic heterocycles. The van der Waals surface area contributed by atoms with Crippen molar-refractivity contribution in [2.75, 3.05) is 18.0 Å². The predicted octanol–water partition coefficient (Wildman–Crippen LogP) is 3.66. The number of carbonyl (C=O) groups excluding carboxylic acids is 1. The molecule has 3 heterocycles. The highest BCUT2D eigenvalue weighted by molar-refractivity contribution is 5.85. The Balaban J connectivity index is 1.28. The second kappa shape index (κ2) is 8.36. The van der Waals surface area contributed by atoms with Crippen molar-refractivity contribution in [1.82, 2.24) is 9.88 Å². The molecule has 7 heteroatoms. The fourth-order valence-corrected chi connectivity index (χ4v) is 5.31. The summed E-state index contributed by atoms with van der Waals surface area (Å²) in [6.07, 6.45) is 2.68. The largest absolute Gasteiger partial charge is 0.367 e. The van der Waals surface area contributed by atoms with Crippen LogP contribution in [0.2, 0.25) is 0 Å². The number of nitrogens with one attached hydrogen (secondary N) is 1. The number of aryl methyl sites for hydroxylation is 2. The Morgan fingerprint density at radius 1 is 1.15 bits per heavy atom. The number of carbonyl (C=O) groups is 1. The van der Waals surface area contributed by atoms with E-state index in [4.69, 9.17) is 5.26 Å². The number of piperazine rings is 1. The number of rotatable bonds is 4. The van der Waals surface area contributed by atoms with Gasteiger partial charge in [0.25, 0.3) is 5.56 Å². The van der Waals surface area contributed by atoms with Crippen LogP contribution in [0.15, 0.2) is 47.3 Å². The number of fused-ring (bicyclic) bond motifs is 3. The molecule has 2 bridgehead atoms.